The van der Waals surface area contributed by atoms with Gasteiger partial charge in [-0.05, 0) is 221 Å². The van der Waals surface area contributed by atoms with E-state index in [4.69, 9.17) is 0 Å². The molecule has 0 nitrogen and oxygen atoms in total. The molecule has 2 aliphatic rings. The van der Waals surface area contributed by atoms with Crippen LogP contribution < -0.4 is 0 Å². The molecule has 398 valence electrons. The van der Waals surface area contributed by atoms with Crippen molar-refractivity contribution >= 4 is 86.2 Å². The summed E-state index contributed by atoms with van der Waals surface area (Å²) in [5.74, 6) is 0.327. The summed E-state index contributed by atoms with van der Waals surface area (Å²) in [6, 6.07) is 77.4. The first-order valence-corrected chi connectivity index (χ1v) is 30.1. The van der Waals surface area contributed by atoms with Crippen LogP contribution in [0.5, 0.6) is 0 Å². The van der Waals surface area contributed by atoms with E-state index >= 15 is 0 Å². The first-order valence-electron chi connectivity index (χ1n) is 30.1. The third-order valence-corrected chi connectivity index (χ3v) is 19.6. The van der Waals surface area contributed by atoms with Crippen LogP contribution in [0.2, 0.25) is 0 Å². The Morgan fingerprint density at radius 1 is 0.232 bits per heavy atom. The second-order valence-corrected chi connectivity index (χ2v) is 28.8. The van der Waals surface area contributed by atoms with Crippen LogP contribution in [0.1, 0.15) is 139 Å². The summed E-state index contributed by atoms with van der Waals surface area (Å²) < 4.78 is 0. The van der Waals surface area contributed by atoms with E-state index in [1.54, 1.807) is 0 Å². The van der Waals surface area contributed by atoms with Crippen molar-refractivity contribution in [1.82, 2.24) is 0 Å². The fourth-order valence-electron chi connectivity index (χ4n) is 15.4. The van der Waals surface area contributed by atoms with Gasteiger partial charge in [0.2, 0.25) is 0 Å². The van der Waals surface area contributed by atoms with Crippen molar-refractivity contribution in [1.29, 1.82) is 0 Å². The first-order chi connectivity index (χ1) is 39.2. The molecule has 2 aliphatic carbocycles. The number of hydrogen-bond donors (Lipinski definition) is 0. The summed E-state index contributed by atoms with van der Waals surface area (Å²) in [5.41, 5.74) is 21.5. The second kappa shape index (κ2) is 16.7. The lowest BCUT2D eigenvalue weighted by Gasteiger charge is -2.27. The first kappa shape index (κ1) is 49.5. The Bertz CT molecular complexity index is 4720. The molecule has 2 unspecified atom stereocenters. The van der Waals surface area contributed by atoms with Crippen LogP contribution in [0, 0.1) is 0 Å². The van der Waals surface area contributed by atoms with Gasteiger partial charge in [0, 0.05) is 11.8 Å². The molecule has 0 heteroatoms. The lowest BCUT2D eigenvalue weighted by atomic mass is 9.76. The zero-order chi connectivity index (χ0) is 56.3. The molecule has 14 aromatic rings. The summed E-state index contributed by atoms with van der Waals surface area (Å²) in [7, 11) is 0. The van der Waals surface area contributed by atoms with Gasteiger partial charge in [-0.15, -0.1) is 0 Å². The predicted molar refractivity (Wildman–Crippen MR) is 356 cm³/mol. The highest BCUT2D eigenvalue weighted by molar-refractivity contribution is 6.35. The highest BCUT2D eigenvalue weighted by Gasteiger charge is 2.41. The van der Waals surface area contributed by atoms with Crippen molar-refractivity contribution in [3.05, 3.63) is 239 Å². The van der Waals surface area contributed by atoms with Gasteiger partial charge in [0.1, 0.15) is 0 Å². The quantitative estimate of drug-likeness (QED) is 0.154. The summed E-state index contributed by atoms with van der Waals surface area (Å²) in [4.78, 5) is 0. The van der Waals surface area contributed by atoms with Crippen molar-refractivity contribution in [3.63, 3.8) is 0 Å². The van der Waals surface area contributed by atoms with Gasteiger partial charge < -0.3 is 0 Å². The molecule has 0 saturated heterocycles. The zero-order valence-electron chi connectivity index (χ0n) is 49.6. The summed E-state index contributed by atoms with van der Waals surface area (Å²) >= 11 is 0. The average Bonchev–Trinajstić information content (AvgIpc) is 1.60. The smallest absolute Gasteiger partial charge is 0.0205 e. The van der Waals surface area contributed by atoms with Gasteiger partial charge in [-0.25, -0.2) is 0 Å². The van der Waals surface area contributed by atoms with Crippen LogP contribution in [-0.4, -0.2) is 0 Å². The Morgan fingerprint density at radius 2 is 0.561 bits per heavy atom. The topological polar surface area (TPSA) is 0 Å². The van der Waals surface area contributed by atoms with Gasteiger partial charge in [0.25, 0.3) is 0 Å². The van der Waals surface area contributed by atoms with Crippen LogP contribution in [0.25, 0.3) is 131 Å². The minimum absolute atomic E-state index is 0.0339. The molecule has 0 heterocycles. The third kappa shape index (κ3) is 6.97. The molecule has 0 aliphatic heterocycles. The molecule has 82 heavy (non-hydrogen) atoms. The van der Waals surface area contributed by atoms with Crippen molar-refractivity contribution < 1.29 is 0 Å². The molecular weight excluding hydrogens is 985 g/mol. The Hall–Kier alpha value is -8.32. The minimum Gasteiger partial charge on any atom is -0.0622 e. The van der Waals surface area contributed by atoms with Crippen molar-refractivity contribution in [2.24, 2.45) is 0 Å². The molecule has 0 spiro atoms. The van der Waals surface area contributed by atoms with Gasteiger partial charge in [0.05, 0.1) is 0 Å². The monoisotopic (exact) mass is 1050 g/mol. The molecule has 14 aromatic carbocycles. The predicted octanol–water partition coefficient (Wildman–Crippen LogP) is 23.2. The number of rotatable bonds is 4. The van der Waals surface area contributed by atoms with E-state index < -0.39 is 0 Å². The van der Waals surface area contributed by atoms with E-state index in [2.05, 4.69) is 277 Å². The number of fused-ring (bicyclic) bond motifs is 4. The zero-order valence-corrected chi connectivity index (χ0v) is 49.6. The largest absolute Gasteiger partial charge is 0.0622 e. The van der Waals surface area contributed by atoms with E-state index in [1.807, 2.05) is 0 Å². The Labute approximate surface area is 483 Å². The van der Waals surface area contributed by atoms with E-state index in [-0.39, 0.29) is 33.5 Å². The summed E-state index contributed by atoms with van der Waals surface area (Å²) in [6.45, 7) is 28.4. The maximum absolute atomic E-state index is 2.61. The molecule has 0 fully saturated rings. The molecule has 16 rings (SSSR count). The molecular formula is C82H70. The second-order valence-electron chi connectivity index (χ2n) is 28.8. The highest BCUT2D eigenvalue weighted by Crippen LogP contribution is 2.64. The molecule has 0 saturated carbocycles. The average molecular weight is 1060 g/mol. The van der Waals surface area contributed by atoms with Crippen molar-refractivity contribution in [2.45, 2.75) is 117 Å². The Kier molecular flexibility index (Phi) is 10.1. The molecule has 2 atom stereocenters. The summed E-state index contributed by atoms with van der Waals surface area (Å²) in [5, 5.41) is 21.4. The van der Waals surface area contributed by atoms with Crippen molar-refractivity contribution in [3.8, 4) is 44.5 Å². The summed E-state index contributed by atoms with van der Waals surface area (Å²) in [6.07, 6.45) is 0. The molecule has 0 N–H and O–H groups in total. The van der Waals surface area contributed by atoms with Gasteiger partial charge >= 0.3 is 0 Å². The molecule has 0 amide bonds. The fraction of sp³-hybridized carbons (Fsp3) is 0.220. The van der Waals surface area contributed by atoms with E-state index in [0.29, 0.717) is 0 Å². The van der Waals surface area contributed by atoms with Gasteiger partial charge in [-0.2, -0.15) is 0 Å². The lowest BCUT2D eigenvalue weighted by Crippen LogP contribution is -2.12. The van der Waals surface area contributed by atoms with Crippen molar-refractivity contribution in [2.75, 3.05) is 0 Å². The standard InChI is InChI=1S/C82H70/c1-79(2,3)53-35-47-27-29-49-37-55(81(7,8)9)43-65-63(41-51(39-53)67(47)71(49)65)73-57-25-19-20-26-58(57)74(64-42-52-40-54(80(4,5)6)36-48-28-30-50-38-56(82(10,11)12)44-66(64)72(50)68(48)52)78-62-34-32-60-70(46-23-17-14-18-24-46)69(45-21-15-13-16-22-45)59-31-33-61(77(73)78)76(62)75(59)60/h13-44,69-70H,1-12H3. The van der Waals surface area contributed by atoms with Gasteiger partial charge in [-0.3, -0.25) is 0 Å². The molecule has 0 radical (unpaired) electrons. The minimum atomic E-state index is -0.0736. The molecule has 0 aromatic heterocycles. The highest BCUT2D eigenvalue weighted by atomic mass is 14.4. The lowest BCUT2D eigenvalue weighted by molar-refractivity contribution is 0.591. The van der Waals surface area contributed by atoms with E-state index in [0.717, 1.165) is 0 Å². The van der Waals surface area contributed by atoms with Crippen LogP contribution in [-0.2, 0) is 21.7 Å². The number of hydrogen-bond acceptors (Lipinski definition) is 0. The van der Waals surface area contributed by atoms with Crippen LogP contribution in [0.4, 0.5) is 0 Å². The normalized spacial score (nSPS) is 15.6. The third-order valence-electron chi connectivity index (χ3n) is 19.6. The molecule has 0 bridgehead atoms. The Morgan fingerprint density at radius 3 is 0.927 bits per heavy atom. The van der Waals surface area contributed by atoms with E-state index in [1.165, 1.54) is 175 Å². The SMILES string of the molecule is CC(C)(C)c1cc2ccc3cc(C(C)(C)C)cc4c(-c5c6c(c(-c7cc8cc(C(C)(C)C)cc9ccc%10cc(C(C)(C)C)cc7c%10c98)c7ccccc57)-c5ccc7c8c(ccc-6c58)C(c5ccccc5)C7c5ccccc5)cc(c1)c2c34. The van der Waals surface area contributed by atoms with E-state index in [9.17, 15) is 0 Å². The van der Waals surface area contributed by atoms with Crippen LogP contribution in [0.3, 0.4) is 0 Å². The maximum atomic E-state index is 2.61. The maximum Gasteiger partial charge on any atom is 0.0205 e. The van der Waals surface area contributed by atoms with Gasteiger partial charge in [0.15, 0.2) is 0 Å². The fourth-order valence-corrected chi connectivity index (χ4v) is 15.4. The Balaban J connectivity index is 1.13. The van der Waals surface area contributed by atoms with Gasteiger partial charge in [-0.1, -0.05) is 253 Å². The number of benzene rings is 14. The van der Waals surface area contributed by atoms with Crippen LogP contribution >= 0.6 is 0 Å². The van der Waals surface area contributed by atoms with Crippen LogP contribution in [0.15, 0.2) is 194 Å².